The first-order chi connectivity index (χ1) is 18.1. The zero-order valence-corrected chi connectivity index (χ0v) is 24.0. The van der Waals surface area contributed by atoms with Crippen LogP contribution in [0.1, 0.15) is 80.6 Å². The maximum absolute atomic E-state index is 12.6. The molecule has 1 rings (SSSR count). The highest BCUT2D eigenvalue weighted by atomic mass is 16.6. The van der Waals surface area contributed by atoms with Crippen LogP contribution in [0.3, 0.4) is 0 Å². The van der Waals surface area contributed by atoms with Crippen LogP contribution in [-0.2, 0) is 33.4 Å². The summed E-state index contributed by atoms with van der Waals surface area (Å²) in [5, 5.41) is 28.1. The van der Waals surface area contributed by atoms with Gasteiger partial charge in [0.25, 0.3) is 0 Å². The molecular formula is C29H44O10. The Morgan fingerprint density at radius 3 is 2.00 bits per heavy atom. The van der Waals surface area contributed by atoms with Crippen LogP contribution in [0.2, 0.25) is 0 Å². The Bertz CT molecular complexity index is 965. The molecule has 1 saturated heterocycles. The largest absolute Gasteiger partial charge is 0.481 e. The number of carboxylic acids is 3. The number of cyclic esters (lactones) is 1. The molecule has 0 aromatic heterocycles. The lowest BCUT2D eigenvalue weighted by atomic mass is 9.84. The van der Waals surface area contributed by atoms with Crippen molar-refractivity contribution in [2.75, 3.05) is 0 Å². The van der Waals surface area contributed by atoms with E-state index in [1.165, 1.54) is 25.8 Å². The number of carboxylic acid groups (broad SMARTS) is 3. The molecule has 10 nitrogen and oxygen atoms in total. The number of esters is 2. The molecule has 3 N–H and O–H groups in total. The van der Waals surface area contributed by atoms with E-state index in [9.17, 15) is 34.2 Å². The first-order valence-electron chi connectivity index (χ1n) is 13.6. The Morgan fingerprint density at radius 1 is 0.923 bits per heavy atom. The van der Waals surface area contributed by atoms with Crippen LogP contribution >= 0.6 is 0 Å². The van der Waals surface area contributed by atoms with E-state index in [1.807, 2.05) is 6.08 Å². The maximum atomic E-state index is 12.6. The summed E-state index contributed by atoms with van der Waals surface area (Å²) in [5.41, 5.74) is 0.678. The first kappa shape index (κ1) is 33.9. The third-order valence-corrected chi connectivity index (χ3v) is 7.13. The topological polar surface area (TPSA) is 165 Å². The molecule has 8 atom stereocenters. The van der Waals surface area contributed by atoms with E-state index < -0.39 is 53.9 Å². The van der Waals surface area contributed by atoms with E-state index in [1.54, 1.807) is 6.92 Å². The third kappa shape index (κ3) is 10.8. The van der Waals surface area contributed by atoms with Crippen LogP contribution in [0, 0.1) is 35.5 Å². The Hall–Kier alpha value is -3.17. The van der Waals surface area contributed by atoms with Gasteiger partial charge in [0.1, 0.15) is 0 Å². The molecule has 10 heteroatoms. The van der Waals surface area contributed by atoms with Crippen LogP contribution in [0.4, 0.5) is 0 Å². The smallest absolute Gasteiger partial charge is 0.349 e. The highest BCUT2D eigenvalue weighted by Crippen LogP contribution is 2.29. The molecule has 1 fully saturated rings. The van der Waals surface area contributed by atoms with Crippen molar-refractivity contribution < 1.29 is 48.8 Å². The number of carbonyl (C=O) groups excluding carboxylic acids is 2. The van der Waals surface area contributed by atoms with E-state index in [4.69, 9.17) is 9.84 Å². The predicted octanol–water partition coefficient (Wildman–Crippen LogP) is 4.72. The Balaban J connectivity index is 2.84. The zero-order chi connectivity index (χ0) is 30.0. The quantitative estimate of drug-likeness (QED) is 0.139. The second kappa shape index (κ2) is 15.4. The number of hydrogen-bond donors (Lipinski definition) is 3. The first-order valence-corrected chi connectivity index (χ1v) is 13.6. The third-order valence-electron chi connectivity index (χ3n) is 7.13. The van der Waals surface area contributed by atoms with Gasteiger partial charge in [-0.25, -0.2) is 14.4 Å². The van der Waals surface area contributed by atoms with Crippen LogP contribution in [-0.4, -0.2) is 57.4 Å². The SMILES string of the molecule is CCC(C)CC(C)CC(C)CC(C)/C=C(C)/C=C(\CC(C)C(=O)OC1C(=O)OC(C(=O)O)C1C(=O)O)C(=O)O. The van der Waals surface area contributed by atoms with E-state index in [2.05, 4.69) is 39.4 Å². The van der Waals surface area contributed by atoms with E-state index in [0.29, 0.717) is 17.8 Å². The minimum absolute atomic E-state index is 0.0529. The van der Waals surface area contributed by atoms with Gasteiger partial charge in [0.15, 0.2) is 5.92 Å². The summed E-state index contributed by atoms with van der Waals surface area (Å²) in [6, 6.07) is 0. The summed E-state index contributed by atoms with van der Waals surface area (Å²) in [6.07, 6.45) is 3.79. The number of aliphatic carboxylic acids is 3. The number of ether oxygens (including phenoxy) is 2. The van der Waals surface area contributed by atoms with Gasteiger partial charge in [-0.3, -0.25) is 9.59 Å². The summed E-state index contributed by atoms with van der Waals surface area (Å²) in [5.74, 6) is -7.76. The fraction of sp³-hybridized carbons (Fsp3) is 0.690. The van der Waals surface area contributed by atoms with Crippen LogP contribution in [0.5, 0.6) is 0 Å². The van der Waals surface area contributed by atoms with Crippen molar-refractivity contribution in [3.8, 4) is 0 Å². The minimum atomic E-state index is -1.99. The maximum Gasteiger partial charge on any atom is 0.349 e. The average molecular weight is 553 g/mol. The normalized spacial score (nSPS) is 23.8. The number of allylic oxidation sites excluding steroid dienone is 3. The molecule has 0 aliphatic carbocycles. The molecule has 0 radical (unpaired) electrons. The summed E-state index contributed by atoms with van der Waals surface area (Å²) < 4.78 is 9.56. The van der Waals surface area contributed by atoms with Gasteiger partial charge in [-0.1, -0.05) is 59.6 Å². The lowest BCUT2D eigenvalue weighted by molar-refractivity contribution is -0.166. The van der Waals surface area contributed by atoms with Crippen molar-refractivity contribution in [3.05, 3.63) is 23.3 Å². The number of hydrogen-bond acceptors (Lipinski definition) is 7. The Morgan fingerprint density at radius 2 is 1.49 bits per heavy atom. The molecule has 0 aromatic carbocycles. The highest BCUT2D eigenvalue weighted by Gasteiger charge is 2.55. The molecule has 220 valence electrons. The molecule has 39 heavy (non-hydrogen) atoms. The lowest BCUT2D eigenvalue weighted by Crippen LogP contribution is -2.40. The van der Waals surface area contributed by atoms with Crippen molar-refractivity contribution in [2.24, 2.45) is 35.5 Å². The van der Waals surface area contributed by atoms with Crippen molar-refractivity contribution in [3.63, 3.8) is 0 Å². The molecule has 1 aliphatic rings. The van der Waals surface area contributed by atoms with Gasteiger partial charge in [0, 0.05) is 5.57 Å². The monoisotopic (exact) mass is 552 g/mol. The molecule has 0 spiro atoms. The van der Waals surface area contributed by atoms with E-state index in [0.717, 1.165) is 18.4 Å². The van der Waals surface area contributed by atoms with E-state index in [-0.39, 0.29) is 17.9 Å². The minimum Gasteiger partial charge on any atom is -0.481 e. The van der Waals surface area contributed by atoms with Gasteiger partial charge < -0.3 is 24.8 Å². The summed E-state index contributed by atoms with van der Waals surface area (Å²) in [7, 11) is 0. The fourth-order valence-corrected chi connectivity index (χ4v) is 5.23. The Labute approximate surface area is 230 Å². The fourth-order valence-electron chi connectivity index (χ4n) is 5.23. The van der Waals surface area contributed by atoms with Gasteiger partial charge in [-0.2, -0.15) is 0 Å². The lowest BCUT2D eigenvalue weighted by Gasteiger charge is -2.21. The highest BCUT2D eigenvalue weighted by molar-refractivity contribution is 5.95. The van der Waals surface area contributed by atoms with Gasteiger partial charge in [-0.15, -0.1) is 0 Å². The predicted molar refractivity (Wildman–Crippen MR) is 143 cm³/mol. The summed E-state index contributed by atoms with van der Waals surface area (Å²) >= 11 is 0. The molecule has 0 saturated carbocycles. The standard InChI is InChI=1S/C29H44O10/c1-8-15(2)9-16(3)10-17(4)11-18(5)12-19(6)13-21(25(30)31)14-20(7)28(36)39-24-22(26(32)33)23(27(34)35)38-29(24)37/h12-13,15-18,20,22-24H,8-11,14H2,1-7H3,(H,30,31)(H,32,33)(H,34,35)/b19-12+,21-13+. The van der Waals surface area contributed by atoms with Crippen molar-refractivity contribution in [2.45, 2.75) is 92.8 Å². The molecule has 0 amide bonds. The molecular weight excluding hydrogens is 508 g/mol. The van der Waals surface area contributed by atoms with Gasteiger partial charge in [0.05, 0.1) is 5.92 Å². The molecule has 0 aromatic rings. The molecule has 1 aliphatic heterocycles. The van der Waals surface area contributed by atoms with Gasteiger partial charge in [0.2, 0.25) is 12.2 Å². The summed E-state index contributed by atoms with van der Waals surface area (Å²) in [4.78, 5) is 59.2. The van der Waals surface area contributed by atoms with Crippen molar-refractivity contribution in [1.82, 2.24) is 0 Å². The number of carbonyl (C=O) groups is 5. The van der Waals surface area contributed by atoms with Gasteiger partial charge >= 0.3 is 29.8 Å². The zero-order valence-electron chi connectivity index (χ0n) is 24.0. The Kier molecular flexibility index (Phi) is 13.4. The second-order valence-electron chi connectivity index (χ2n) is 11.3. The van der Waals surface area contributed by atoms with Crippen LogP contribution < -0.4 is 0 Å². The van der Waals surface area contributed by atoms with Gasteiger partial charge in [-0.05, 0) is 62.4 Å². The van der Waals surface area contributed by atoms with Crippen LogP contribution in [0.15, 0.2) is 23.3 Å². The van der Waals surface area contributed by atoms with Crippen molar-refractivity contribution in [1.29, 1.82) is 0 Å². The van der Waals surface area contributed by atoms with Crippen molar-refractivity contribution >= 4 is 29.8 Å². The average Bonchev–Trinajstić information content (AvgIpc) is 3.14. The second-order valence-corrected chi connectivity index (χ2v) is 11.3. The molecule has 8 unspecified atom stereocenters. The number of rotatable bonds is 16. The van der Waals surface area contributed by atoms with Crippen LogP contribution in [0.25, 0.3) is 0 Å². The summed E-state index contributed by atoms with van der Waals surface area (Å²) in [6.45, 7) is 14.2. The molecule has 0 bridgehead atoms. The molecule has 1 heterocycles. The van der Waals surface area contributed by atoms with E-state index >= 15 is 0 Å².